The minimum Gasteiger partial charge on any atom is -0.385 e. The van der Waals surface area contributed by atoms with Gasteiger partial charge in [-0.25, -0.2) is 8.78 Å². The van der Waals surface area contributed by atoms with E-state index >= 15 is 0 Å². The first-order chi connectivity index (χ1) is 6.72. The Balaban J connectivity index is 2.42. The molecule has 1 aromatic rings. The molecule has 0 radical (unpaired) electrons. The standard InChI is InChI=1S/C10H14F2N2/c11-10(12)4-5-14-9-3-1-2-8(6-9)7-13/h1-3,6,10,14H,4-5,7,13H2. The van der Waals surface area contributed by atoms with Gasteiger partial charge in [0.1, 0.15) is 0 Å². The summed E-state index contributed by atoms with van der Waals surface area (Å²) in [6.07, 6.45) is -2.38. The Morgan fingerprint density at radius 3 is 2.79 bits per heavy atom. The van der Waals surface area contributed by atoms with Crippen LogP contribution in [0.3, 0.4) is 0 Å². The lowest BCUT2D eigenvalue weighted by Gasteiger charge is -2.06. The zero-order valence-corrected chi connectivity index (χ0v) is 7.84. The van der Waals surface area contributed by atoms with Gasteiger partial charge >= 0.3 is 0 Å². The normalized spacial score (nSPS) is 10.6. The second-order valence-corrected chi connectivity index (χ2v) is 3.01. The van der Waals surface area contributed by atoms with Crippen LogP contribution in [0.1, 0.15) is 12.0 Å². The van der Waals surface area contributed by atoms with E-state index in [4.69, 9.17) is 5.73 Å². The molecule has 14 heavy (non-hydrogen) atoms. The zero-order chi connectivity index (χ0) is 10.4. The molecule has 0 aromatic heterocycles. The van der Waals surface area contributed by atoms with Crippen molar-refractivity contribution in [1.82, 2.24) is 0 Å². The number of rotatable bonds is 5. The molecule has 1 aromatic carbocycles. The average molecular weight is 200 g/mol. The van der Waals surface area contributed by atoms with Crippen LogP contribution in [-0.2, 0) is 6.54 Å². The molecule has 0 aliphatic carbocycles. The highest BCUT2D eigenvalue weighted by atomic mass is 19.3. The molecule has 0 unspecified atom stereocenters. The number of anilines is 1. The summed E-state index contributed by atoms with van der Waals surface area (Å²) < 4.78 is 23.6. The van der Waals surface area contributed by atoms with Crippen LogP contribution in [0.2, 0.25) is 0 Å². The first-order valence-corrected chi connectivity index (χ1v) is 4.53. The van der Waals surface area contributed by atoms with E-state index in [1.54, 1.807) is 0 Å². The van der Waals surface area contributed by atoms with Crippen LogP contribution in [0.5, 0.6) is 0 Å². The Hall–Kier alpha value is -1.16. The largest absolute Gasteiger partial charge is 0.385 e. The summed E-state index contributed by atoms with van der Waals surface area (Å²) in [5.41, 5.74) is 7.28. The van der Waals surface area contributed by atoms with Crippen LogP contribution >= 0.6 is 0 Å². The second-order valence-electron chi connectivity index (χ2n) is 3.01. The molecule has 0 atom stereocenters. The number of benzene rings is 1. The third-order valence-corrected chi connectivity index (χ3v) is 1.85. The van der Waals surface area contributed by atoms with Crippen molar-refractivity contribution in [3.63, 3.8) is 0 Å². The first-order valence-electron chi connectivity index (χ1n) is 4.53. The van der Waals surface area contributed by atoms with Gasteiger partial charge in [-0.2, -0.15) is 0 Å². The second kappa shape index (κ2) is 5.54. The van der Waals surface area contributed by atoms with Gasteiger partial charge in [-0.1, -0.05) is 12.1 Å². The summed E-state index contributed by atoms with van der Waals surface area (Å²) in [7, 11) is 0. The monoisotopic (exact) mass is 200 g/mol. The molecule has 78 valence electrons. The maximum atomic E-state index is 11.8. The predicted octanol–water partition coefficient (Wildman–Crippen LogP) is 2.21. The summed E-state index contributed by atoms with van der Waals surface area (Å²) in [4.78, 5) is 0. The van der Waals surface area contributed by atoms with Gasteiger partial charge in [0.05, 0.1) is 0 Å². The topological polar surface area (TPSA) is 38.0 Å². The molecule has 0 aliphatic heterocycles. The highest BCUT2D eigenvalue weighted by molar-refractivity contribution is 5.45. The fourth-order valence-corrected chi connectivity index (χ4v) is 1.13. The number of alkyl halides is 2. The summed E-state index contributed by atoms with van der Waals surface area (Å²) in [6, 6.07) is 7.46. The van der Waals surface area contributed by atoms with Gasteiger partial charge in [-0.3, -0.25) is 0 Å². The summed E-state index contributed by atoms with van der Waals surface area (Å²) >= 11 is 0. The third kappa shape index (κ3) is 3.70. The summed E-state index contributed by atoms with van der Waals surface area (Å²) in [5.74, 6) is 0. The smallest absolute Gasteiger partial charge is 0.240 e. The molecule has 0 spiro atoms. The van der Waals surface area contributed by atoms with Crippen molar-refractivity contribution in [2.24, 2.45) is 5.73 Å². The van der Waals surface area contributed by atoms with Crippen LogP contribution in [0.25, 0.3) is 0 Å². The zero-order valence-electron chi connectivity index (χ0n) is 7.84. The van der Waals surface area contributed by atoms with E-state index < -0.39 is 6.43 Å². The average Bonchev–Trinajstić information content (AvgIpc) is 2.18. The van der Waals surface area contributed by atoms with E-state index in [0.717, 1.165) is 11.3 Å². The van der Waals surface area contributed by atoms with E-state index in [2.05, 4.69) is 5.32 Å². The van der Waals surface area contributed by atoms with Crippen molar-refractivity contribution in [2.75, 3.05) is 11.9 Å². The van der Waals surface area contributed by atoms with Crippen molar-refractivity contribution in [1.29, 1.82) is 0 Å². The molecule has 0 aliphatic rings. The number of hydrogen-bond donors (Lipinski definition) is 2. The van der Waals surface area contributed by atoms with Gasteiger partial charge in [-0.15, -0.1) is 0 Å². The molecule has 0 saturated heterocycles. The fraction of sp³-hybridized carbons (Fsp3) is 0.400. The van der Waals surface area contributed by atoms with Crippen molar-refractivity contribution in [2.45, 2.75) is 19.4 Å². The summed E-state index contributed by atoms with van der Waals surface area (Å²) in [6.45, 7) is 0.746. The Kier molecular flexibility index (Phi) is 4.32. The van der Waals surface area contributed by atoms with Crippen LogP contribution in [0.15, 0.2) is 24.3 Å². The van der Waals surface area contributed by atoms with Gasteiger partial charge in [0.25, 0.3) is 0 Å². The fourth-order valence-electron chi connectivity index (χ4n) is 1.13. The van der Waals surface area contributed by atoms with E-state index in [9.17, 15) is 8.78 Å². The van der Waals surface area contributed by atoms with E-state index in [1.165, 1.54) is 0 Å². The van der Waals surface area contributed by atoms with Crippen LogP contribution in [0.4, 0.5) is 14.5 Å². The molecule has 2 nitrogen and oxygen atoms in total. The number of nitrogens with one attached hydrogen (secondary N) is 1. The van der Waals surface area contributed by atoms with Gasteiger partial charge < -0.3 is 11.1 Å². The maximum absolute atomic E-state index is 11.8. The minimum atomic E-state index is -2.25. The Morgan fingerprint density at radius 2 is 2.14 bits per heavy atom. The minimum absolute atomic E-state index is 0.132. The Labute approximate surface area is 82.1 Å². The van der Waals surface area contributed by atoms with Crippen molar-refractivity contribution in [3.8, 4) is 0 Å². The Morgan fingerprint density at radius 1 is 1.36 bits per heavy atom. The predicted molar refractivity (Wildman–Crippen MR) is 53.4 cm³/mol. The summed E-state index contributed by atoms with van der Waals surface area (Å²) in [5, 5.41) is 2.92. The molecule has 1 rings (SSSR count). The molecule has 0 amide bonds. The lowest BCUT2D eigenvalue weighted by atomic mass is 10.2. The van der Waals surface area contributed by atoms with Crippen LogP contribution in [0, 0.1) is 0 Å². The number of halogens is 2. The highest BCUT2D eigenvalue weighted by Crippen LogP contribution is 2.10. The van der Waals surface area contributed by atoms with E-state index in [1.807, 2.05) is 24.3 Å². The van der Waals surface area contributed by atoms with E-state index in [0.29, 0.717) is 6.54 Å². The maximum Gasteiger partial charge on any atom is 0.240 e. The lowest BCUT2D eigenvalue weighted by molar-refractivity contribution is 0.142. The van der Waals surface area contributed by atoms with Gasteiger partial charge in [-0.05, 0) is 17.7 Å². The molecule has 0 bridgehead atoms. The van der Waals surface area contributed by atoms with E-state index in [-0.39, 0.29) is 13.0 Å². The van der Waals surface area contributed by atoms with Crippen molar-refractivity contribution in [3.05, 3.63) is 29.8 Å². The molecule has 0 heterocycles. The number of hydrogen-bond acceptors (Lipinski definition) is 2. The molecule has 3 N–H and O–H groups in total. The molecular formula is C10H14F2N2. The molecule has 4 heteroatoms. The van der Waals surface area contributed by atoms with Gasteiger partial charge in [0.15, 0.2) is 0 Å². The SMILES string of the molecule is NCc1cccc(NCCC(F)F)c1. The van der Waals surface area contributed by atoms with Gasteiger partial charge in [0, 0.05) is 25.2 Å². The number of nitrogens with two attached hydrogens (primary N) is 1. The van der Waals surface area contributed by atoms with Crippen LogP contribution in [-0.4, -0.2) is 13.0 Å². The quantitative estimate of drug-likeness (QED) is 0.764. The first kappa shape index (κ1) is 10.9. The lowest BCUT2D eigenvalue weighted by Crippen LogP contribution is -2.06. The highest BCUT2D eigenvalue weighted by Gasteiger charge is 2.01. The van der Waals surface area contributed by atoms with Crippen molar-refractivity contribution >= 4 is 5.69 Å². The van der Waals surface area contributed by atoms with Crippen LogP contribution < -0.4 is 11.1 Å². The Bertz CT molecular complexity index is 277. The molecule has 0 saturated carbocycles. The third-order valence-electron chi connectivity index (χ3n) is 1.85. The molecule has 0 fully saturated rings. The molecular weight excluding hydrogens is 186 g/mol. The van der Waals surface area contributed by atoms with Gasteiger partial charge in [0.2, 0.25) is 6.43 Å². The van der Waals surface area contributed by atoms with Crippen molar-refractivity contribution < 1.29 is 8.78 Å².